The van der Waals surface area contributed by atoms with Crippen molar-refractivity contribution in [1.29, 1.82) is 0 Å². The Morgan fingerprint density at radius 3 is 2.28 bits per heavy atom. The smallest absolute Gasteiger partial charge is 0.475 e. The van der Waals surface area contributed by atoms with Gasteiger partial charge in [-0.25, -0.2) is 9.18 Å². The van der Waals surface area contributed by atoms with Crippen LogP contribution in [-0.2, 0) is 9.59 Å². The Hall–Kier alpha value is -4.34. The predicted octanol–water partition coefficient (Wildman–Crippen LogP) is 5.81. The molecule has 184 valence electrons. The molecule has 0 aliphatic heterocycles. The minimum atomic E-state index is -5.08. The van der Waals surface area contributed by atoms with E-state index in [1.165, 1.54) is 12.1 Å². The number of pyridine rings is 2. The summed E-state index contributed by atoms with van der Waals surface area (Å²) >= 11 is 0. The fourth-order valence-corrected chi connectivity index (χ4v) is 3.70. The van der Waals surface area contributed by atoms with Crippen molar-refractivity contribution in [3.63, 3.8) is 0 Å². The third-order valence-electron chi connectivity index (χ3n) is 5.61. The monoisotopic (exact) mass is 497 g/mol. The maximum absolute atomic E-state index is 13.1. The number of alkyl halides is 3. The Labute approximate surface area is 202 Å². The highest BCUT2D eigenvalue weighted by Gasteiger charge is 2.44. The topological polar surface area (TPSA) is 92.2 Å². The van der Waals surface area contributed by atoms with E-state index < -0.39 is 12.1 Å². The lowest BCUT2D eigenvalue weighted by molar-refractivity contribution is -0.192. The van der Waals surface area contributed by atoms with Crippen LogP contribution in [0.2, 0.25) is 0 Å². The first-order valence-corrected chi connectivity index (χ1v) is 10.8. The van der Waals surface area contributed by atoms with Crippen molar-refractivity contribution in [1.82, 2.24) is 9.97 Å². The number of nitrogens with zero attached hydrogens (tertiary/aromatic N) is 2. The van der Waals surface area contributed by atoms with Gasteiger partial charge in [0, 0.05) is 29.3 Å². The second-order valence-corrected chi connectivity index (χ2v) is 8.11. The summed E-state index contributed by atoms with van der Waals surface area (Å²) < 4.78 is 44.8. The lowest BCUT2D eigenvalue weighted by Crippen LogP contribution is -2.21. The van der Waals surface area contributed by atoms with Crippen LogP contribution in [0, 0.1) is 11.7 Å². The second-order valence-electron chi connectivity index (χ2n) is 8.11. The number of hydrogen-bond donors (Lipinski definition) is 2. The fraction of sp³-hybridized carbons (Fsp3) is 0.154. The van der Waals surface area contributed by atoms with Crippen LogP contribution in [0.4, 0.5) is 23.2 Å². The molecular weight excluding hydrogens is 478 g/mol. The van der Waals surface area contributed by atoms with Crippen molar-refractivity contribution in [3.05, 3.63) is 90.5 Å². The summed E-state index contributed by atoms with van der Waals surface area (Å²) in [7, 11) is 0. The van der Waals surface area contributed by atoms with Crippen LogP contribution in [0.15, 0.2) is 79.1 Å². The number of aromatic nitrogens is 2. The molecule has 1 saturated carbocycles. The number of carboxylic acid groups (broad SMARTS) is 1. The molecule has 4 aromatic rings. The molecule has 0 radical (unpaired) electrons. The molecule has 5 rings (SSSR count). The highest BCUT2D eigenvalue weighted by molar-refractivity contribution is 6.02. The van der Waals surface area contributed by atoms with Crippen LogP contribution < -0.4 is 5.32 Å². The van der Waals surface area contributed by atoms with Crippen molar-refractivity contribution in [2.45, 2.75) is 18.5 Å². The molecule has 2 unspecified atom stereocenters. The number of halogens is 4. The van der Waals surface area contributed by atoms with Crippen molar-refractivity contribution >= 4 is 28.5 Å². The number of carboxylic acids is 1. The van der Waals surface area contributed by atoms with Crippen LogP contribution in [0.3, 0.4) is 0 Å². The summed E-state index contributed by atoms with van der Waals surface area (Å²) in [6.45, 7) is 0. The molecule has 1 aliphatic carbocycles. The Balaban J connectivity index is 0.000000384. The van der Waals surface area contributed by atoms with E-state index in [1.54, 1.807) is 18.3 Å². The van der Waals surface area contributed by atoms with E-state index in [-0.39, 0.29) is 23.6 Å². The molecule has 2 aromatic carbocycles. The highest BCUT2D eigenvalue weighted by atomic mass is 19.4. The average molecular weight is 497 g/mol. The maximum Gasteiger partial charge on any atom is 0.490 e. The number of anilines is 1. The molecule has 1 amide bonds. The molecule has 2 N–H and O–H groups in total. The van der Waals surface area contributed by atoms with Gasteiger partial charge in [-0.15, -0.1) is 0 Å². The normalized spacial score (nSPS) is 16.6. The molecule has 2 atom stereocenters. The van der Waals surface area contributed by atoms with Crippen LogP contribution >= 0.6 is 0 Å². The van der Waals surface area contributed by atoms with Gasteiger partial charge in [0.05, 0.1) is 16.9 Å². The Kier molecular flexibility index (Phi) is 6.96. The standard InChI is InChI=1S/C24H18FN3O.C2HF3O2/c25-18-9-6-15(7-10-18)21-11-8-17(14-27-21)19-13-20(19)24(29)28-22-5-1-3-16-4-2-12-26-23(16)22;3-2(4,5)1(6)7/h1-12,14,19-20H,13H2,(H,28,29);(H,6,7). The van der Waals surface area contributed by atoms with Gasteiger partial charge in [0.1, 0.15) is 5.82 Å². The second kappa shape index (κ2) is 10.1. The molecule has 1 aliphatic rings. The summed E-state index contributed by atoms with van der Waals surface area (Å²) in [5, 5.41) is 11.2. The summed E-state index contributed by atoms with van der Waals surface area (Å²) in [5.74, 6) is -2.90. The molecule has 0 bridgehead atoms. The highest BCUT2D eigenvalue weighted by Crippen LogP contribution is 2.48. The number of carbonyl (C=O) groups excluding carboxylic acids is 1. The van der Waals surface area contributed by atoms with E-state index in [9.17, 15) is 22.4 Å². The van der Waals surface area contributed by atoms with Gasteiger partial charge in [-0.2, -0.15) is 13.2 Å². The van der Waals surface area contributed by atoms with E-state index in [0.29, 0.717) is 0 Å². The first-order chi connectivity index (χ1) is 17.1. The first kappa shape index (κ1) is 24.8. The zero-order valence-electron chi connectivity index (χ0n) is 18.5. The number of hydrogen-bond acceptors (Lipinski definition) is 4. The van der Waals surface area contributed by atoms with Gasteiger partial charge in [0.2, 0.25) is 5.91 Å². The quantitative estimate of drug-likeness (QED) is 0.347. The summed E-state index contributed by atoms with van der Waals surface area (Å²) in [6.07, 6.45) is -0.732. The van der Waals surface area contributed by atoms with Crippen LogP contribution in [0.25, 0.3) is 22.2 Å². The molecular formula is C26H19F4N3O3. The van der Waals surface area contributed by atoms with Gasteiger partial charge in [-0.05, 0) is 60.4 Å². The van der Waals surface area contributed by atoms with E-state index >= 15 is 0 Å². The van der Waals surface area contributed by atoms with E-state index in [1.807, 2.05) is 48.7 Å². The number of aliphatic carboxylic acids is 1. The molecule has 36 heavy (non-hydrogen) atoms. The largest absolute Gasteiger partial charge is 0.490 e. The zero-order chi connectivity index (χ0) is 25.9. The lowest BCUT2D eigenvalue weighted by Gasteiger charge is -2.08. The van der Waals surface area contributed by atoms with Crippen molar-refractivity contribution in [2.24, 2.45) is 5.92 Å². The van der Waals surface area contributed by atoms with Crippen molar-refractivity contribution < 1.29 is 32.3 Å². The number of carbonyl (C=O) groups is 2. The fourth-order valence-electron chi connectivity index (χ4n) is 3.70. The summed E-state index contributed by atoms with van der Waals surface area (Å²) in [6, 6.07) is 19.8. The third-order valence-corrected chi connectivity index (χ3v) is 5.61. The molecule has 10 heteroatoms. The number of fused-ring (bicyclic) bond motifs is 1. The summed E-state index contributed by atoms with van der Waals surface area (Å²) in [4.78, 5) is 30.5. The zero-order valence-corrected chi connectivity index (χ0v) is 18.5. The van der Waals surface area contributed by atoms with Gasteiger partial charge in [-0.3, -0.25) is 14.8 Å². The number of amides is 1. The molecule has 1 fully saturated rings. The van der Waals surface area contributed by atoms with Gasteiger partial charge in [0.15, 0.2) is 0 Å². The molecule has 0 spiro atoms. The lowest BCUT2D eigenvalue weighted by atomic mass is 10.1. The van der Waals surface area contributed by atoms with E-state index in [2.05, 4.69) is 15.3 Å². The Bertz CT molecular complexity index is 1390. The van der Waals surface area contributed by atoms with Gasteiger partial charge < -0.3 is 10.4 Å². The first-order valence-electron chi connectivity index (χ1n) is 10.8. The SMILES string of the molecule is O=C(Nc1cccc2cccnc12)C1CC1c1ccc(-c2ccc(F)cc2)nc1.O=C(O)C(F)(F)F. The van der Waals surface area contributed by atoms with Crippen molar-refractivity contribution in [3.8, 4) is 11.3 Å². The van der Waals surface area contributed by atoms with E-state index in [0.717, 1.165) is 39.8 Å². The van der Waals surface area contributed by atoms with E-state index in [4.69, 9.17) is 9.90 Å². The Morgan fingerprint density at radius 1 is 0.944 bits per heavy atom. The molecule has 6 nitrogen and oxygen atoms in total. The average Bonchev–Trinajstić information content (AvgIpc) is 3.66. The van der Waals surface area contributed by atoms with Crippen LogP contribution in [0.5, 0.6) is 0 Å². The minimum absolute atomic E-state index is 0.00997. The van der Waals surface area contributed by atoms with Gasteiger partial charge in [0.25, 0.3) is 0 Å². The van der Waals surface area contributed by atoms with Crippen molar-refractivity contribution in [2.75, 3.05) is 5.32 Å². The Morgan fingerprint density at radius 2 is 1.64 bits per heavy atom. The number of para-hydroxylation sites is 1. The minimum Gasteiger partial charge on any atom is -0.475 e. The van der Waals surface area contributed by atoms with Gasteiger partial charge >= 0.3 is 12.1 Å². The molecule has 2 heterocycles. The molecule has 2 aromatic heterocycles. The predicted molar refractivity (Wildman–Crippen MR) is 125 cm³/mol. The number of rotatable bonds is 4. The number of benzene rings is 2. The molecule has 0 saturated heterocycles. The van der Waals surface area contributed by atoms with Crippen LogP contribution in [0.1, 0.15) is 17.9 Å². The van der Waals surface area contributed by atoms with Crippen LogP contribution in [-0.4, -0.2) is 33.1 Å². The maximum atomic E-state index is 13.1. The van der Waals surface area contributed by atoms with Gasteiger partial charge in [-0.1, -0.05) is 24.3 Å². The summed E-state index contributed by atoms with van der Waals surface area (Å²) in [5.41, 5.74) is 4.24. The number of nitrogens with one attached hydrogen (secondary N) is 1. The third kappa shape index (κ3) is 5.83.